The van der Waals surface area contributed by atoms with Gasteiger partial charge in [-0.3, -0.25) is 14.7 Å². The number of methoxy groups -OCH3 is 1. The van der Waals surface area contributed by atoms with Gasteiger partial charge < -0.3 is 4.74 Å². The second kappa shape index (κ2) is 8.68. The Kier molecular flexibility index (Phi) is 5.82. The van der Waals surface area contributed by atoms with E-state index < -0.39 is 0 Å². The zero-order valence-corrected chi connectivity index (χ0v) is 17.9. The summed E-state index contributed by atoms with van der Waals surface area (Å²) in [5, 5.41) is 22.6. The molecule has 0 atom stereocenters. The zero-order valence-electron chi connectivity index (χ0n) is 16.3. The molecule has 0 aliphatic carbocycles. The van der Waals surface area contributed by atoms with E-state index in [1.54, 1.807) is 30.6 Å². The summed E-state index contributed by atoms with van der Waals surface area (Å²) in [5.41, 5.74) is 2.87. The number of nitro groups is 1. The molecule has 2 heterocycles. The van der Waals surface area contributed by atoms with Crippen LogP contribution in [0.2, 0.25) is 0 Å². The molecule has 0 aliphatic rings. The molecule has 0 unspecified atom stereocenters. The van der Waals surface area contributed by atoms with E-state index in [4.69, 9.17) is 4.74 Å². The summed E-state index contributed by atoms with van der Waals surface area (Å²) in [6.45, 7) is 2.02. The summed E-state index contributed by atoms with van der Waals surface area (Å²) in [6.07, 6.45) is 0. The first-order valence-electron chi connectivity index (χ1n) is 9.07. The molecule has 0 spiro atoms. The number of nitro benzene ring substituents is 1. The Balaban J connectivity index is 1.75. The fourth-order valence-electron chi connectivity index (χ4n) is 3.03. The lowest BCUT2D eigenvalue weighted by Gasteiger charge is -2.14. The van der Waals surface area contributed by atoms with Gasteiger partial charge in [0.15, 0.2) is 11.0 Å². The standard InChI is InChI=1S/C21H18N4O3S2/c1-14-8-9-18(28-2)17(11-14)24-20(19-7-4-10-29-19)22-23-21(24)30-13-15-5-3-6-16(12-15)25(26)27/h3-12H,13H2,1-2H3. The first-order chi connectivity index (χ1) is 14.6. The highest BCUT2D eigenvalue weighted by Gasteiger charge is 2.20. The molecule has 0 saturated carbocycles. The third-order valence-corrected chi connectivity index (χ3v) is 6.31. The second-order valence-corrected chi connectivity index (χ2v) is 8.40. The first-order valence-corrected chi connectivity index (χ1v) is 10.9. The van der Waals surface area contributed by atoms with Gasteiger partial charge in [0.1, 0.15) is 5.75 Å². The van der Waals surface area contributed by atoms with Gasteiger partial charge in [-0.1, -0.05) is 36.0 Å². The Morgan fingerprint density at radius 1 is 1.17 bits per heavy atom. The van der Waals surface area contributed by atoms with Gasteiger partial charge >= 0.3 is 0 Å². The number of thiophene rings is 1. The molecule has 4 aromatic rings. The minimum atomic E-state index is -0.386. The number of nitrogens with zero attached hydrogens (tertiary/aromatic N) is 4. The Bertz CT molecular complexity index is 1190. The normalized spacial score (nSPS) is 10.9. The maximum Gasteiger partial charge on any atom is 0.269 e. The van der Waals surface area contributed by atoms with Crippen molar-refractivity contribution in [2.75, 3.05) is 7.11 Å². The van der Waals surface area contributed by atoms with E-state index in [0.717, 1.165) is 33.3 Å². The fourth-order valence-corrected chi connectivity index (χ4v) is 4.61. The SMILES string of the molecule is COc1ccc(C)cc1-n1c(SCc2cccc([N+](=O)[O-])c2)nnc1-c1cccs1. The molecule has 0 aliphatic heterocycles. The number of non-ortho nitro benzene ring substituents is 1. The molecule has 30 heavy (non-hydrogen) atoms. The maximum absolute atomic E-state index is 11.1. The summed E-state index contributed by atoms with van der Waals surface area (Å²) in [5.74, 6) is 1.98. The van der Waals surface area contributed by atoms with Gasteiger partial charge in [-0.15, -0.1) is 21.5 Å². The quantitative estimate of drug-likeness (QED) is 0.215. The summed E-state index contributed by atoms with van der Waals surface area (Å²) >= 11 is 3.06. The minimum Gasteiger partial charge on any atom is -0.495 e. The molecule has 152 valence electrons. The largest absolute Gasteiger partial charge is 0.495 e. The second-order valence-electron chi connectivity index (χ2n) is 6.51. The van der Waals surface area contributed by atoms with Crippen LogP contribution in [0.15, 0.2) is 65.1 Å². The average Bonchev–Trinajstić information content (AvgIpc) is 3.42. The molecule has 0 radical (unpaired) electrons. The highest BCUT2D eigenvalue weighted by molar-refractivity contribution is 7.98. The molecule has 2 aromatic heterocycles. The van der Waals surface area contributed by atoms with Gasteiger partial charge in [0.25, 0.3) is 5.69 Å². The van der Waals surface area contributed by atoms with Crippen LogP contribution < -0.4 is 4.74 Å². The molecular weight excluding hydrogens is 420 g/mol. The van der Waals surface area contributed by atoms with Crippen LogP contribution >= 0.6 is 23.1 Å². The van der Waals surface area contributed by atoms with Crippen LogP contribution in [0.4, 0.5) is 5.69 Å². The number of ether oxygens (including phenoxy) is 1. The van der Waals surface area contributed by atoms with Gasteiger partial charge in [0, 0.05) is 17.9 Å². The average molecular weight is 439 g/mol. The van der Waals surface area contributed by atoms with Crippen molar-refractivity contribution in [2.45, 2.75) is 17.8 Å². The van der Waals surface area contributed by atoms with E-state index in [1.165, 1.54) is 17.8 Å². The van der Waals surface area contributed by atoms with E-state index in [0.29, 0.717) is 10.9 Å². The number of aromatic nitrogens is 3. The predicted molar refractivity (Wildman–Crippen MR) is 119 cm³/mol. The molecule has 0 bridgehead atoms. The van der Waals surface area contributed by atoms with Crippen LogP contribution in [0.3, 0.4) is 0 Å². The monoisotopic (exact) mass is 438 g/mol. The summed E-state index contributed by atoms with van der Waals surface area (Å²) in [4.78, 5) is 11.7. The van der Waals surface area contributed by atoms with Crippen LogP contribution in [0, 0.1) is 17.0 Å². The lowest BCUT2D eigenvalue weighted by molar-refractivity contribution is -0.384. The van der Waals surface area contributed by atoms with Crippen molar-refractivity contribution in [1.82, 2.24) is 14.8 Å². The Labute approximate surface area is 181 Å². The van der Waals surface area contributed by atoms with Crippen LogP contribution in [0.5, 0.6) is 5.75 Å². The predicted octanol–water partition coefficient (Wildman–Crippen LogP) is 5.51. The van der Waals surface area contributed by atoms with Gasteiger partial charge in [-0.25, -0.2) is 0 Å². The third kappa shape index (κ3) is 4.07. The molecular formula is C21H18N4O3S2. The van der Waals surface area contributed by atoms with Crippen molar-refractivity contribution in [2.24, 2.45) is 0 Å². The molecule has 7 nitrogen and oxygen atoms in total. The maximum atomic E-state index is 11.1. The molecule has 0 N–H and O–H groups in total. The van der Waals surface area contributed by atoms with E-state index >= 15 is 0 Å². The van der Waals surface area contributed by atoms with E-state index in [-0.39, 0.29) is 10.6 Å². The van der Waals surface area contributed by atoms with E-state index in [1.807, 2.05) is 53.3 Å². The molecule has 2 aromatic carbocycles. The van der Waals surface area contributed by atoms with Crippen LogP contribution in [-0.2, 0) is 5.75 Å². The van der Waals surface area contributed by atoms with Gasteiger partial charge in [0.2, 0.25) is 0 Å². The topological polar surface area (TPSA) is 83.1 Å². The fraction of sp³-hybridized carbons (Fsp3) is 0.143. The number of hydrogen-bond acceptors (Lipinski definition) is 7. The molecule has 0 saturated heterocycles. The van der Waals surface area contributed by atoms with Crippen molar-refractivity contribution < 1.29 is 9.66 Å². The van der Waals surface area contributed by atoms with Crippen molar-refractivity contribution >= 4 is 28.8 Å². The molecule has 4 rings (SSSR count). The molecule has 0 amide bonds. The van der Waals surface area contributed by atoms with Gasteiger partial charge in [-0.05, 0) is 41.6 Å². The molecule has 0 fully saturated rings. The summed E-state index contributed by atoms with van der Waals surface area (Å²) in [7, 11) is 1.64. The van der Waals surface area contributed by atoms with Crippen LogP contribution in [0.25, 0.3) is 16.4 Å². The molecule has 9 heteroatoms. The van der Waals surface area contributed by atoms with Crippen LogP contribution in [0.1, 0.15) is 11.1 Å². The van der Waals surface area contributed by atoms with Gasteiger partial charge in [0.05, 0.1) is 22.6 Å². The third-order valence-electron chi connectivity index (χ3n) is 4.44. The van der Waals surface area contributed by atoms with Gasteiger partial charge in [-0.2, -0.15) is 0 Å². The number of rotatable bonds is 7. The van der Waals surface area contributed by atoms with E-state index in [2.05, 4.69) is 10.2 Å². The van der Waals surface area contributed by atoms with Crippen molar-refractivity contribution in [3.63, 3.8) is 0 Å². The van der Waals surface area contributed by atoms with Crippen molar-refractivity contribution in [1.29, 1.82) is 0 Å². The summed E-state index contributed by atoms with van der Waals surface area (Å²) < 4.78 is 7.58. The minimum absolute atomic E-state index is 0.0780. The number of thioether (sulfide) groups is 1. The number of hydrogen-bond donors (Lipinski definition) is 0. The Morgan fingerprint density at radius 3 is 2.77 bits per heavy atom. The lowest BCUT2D eigenvalue weighted by atomic mass is 10.2. The highest BCUT2D eigenvalue weighted by atomic mass is 32.2. The highest BCUT2D eigenvalue weighted by Crippen LogP contribution is 2.35. The zero-order chi connectivity index (χ0) is 21.1. The lowest BCUT2D eigenvalue weighted by Crippen LogP contribution is -2.02. The number of benzene rings is 2. The van der Waals surface area contributed by atoms with Crippen molar-refractivity contribution in [3.8, 4) is 22.1 Å². The van der Waals surface area contributed by atoms with Crippen LogP contribution in [-0.4, -0.2) is 26.8 Å². The first kappa shape index (κ1) is 20.1. The Hall–Kier alpha value is -3.17. The summed E-state index contributed by atoms with van der Waals surface area (Å²) in [6, 6.07) is 16.6. The van der Waals surface area contributed by atoms with E-state index in [9.17, 15) is 10.1 Å². The Morgan fingerprint density at radius 2 is 2.03 bits per heavy atom. The van der Waals surface area contributed by atoms with Crippen molar-refractivity contribution in [3.05, 3.63) is 81.2 Å². The number of aryl methyl sites for hydroxylation is 1. The smallest absolute Gasteiger partial charge is 0.269 e.